The van der Waals surface area contributed by atoms with Crippen molar-refractivity contribution in [3.05, 3.63) is 35.6 Å². The van der Waals surface area contributed by atoms with Crippen molar-refractivity contribution in [2.75, 3.05) is 32.8 Å². The van der Waals surface area contributed by atoms with E-state index in [1.165, 1.54) is 50.7 Å². The highest BCUT2D eigenvalue weighted by molar-refractivity contribution is 5.76. The van der Waals surface area contributed by atoms with E-state index in [0.717, 1.165) is 36.4 Å². The second kappa shape index (κ2) is 7.99. The molecule has 1 aromatic carbocycles. The molecule has 1 atom stereocenters. The Morgan fingerprint density at radius 1 is 1.07 bits per heavy atom. The third-order valence-corrected chi connectivity index (χ3v) is 7.93. The van der Waals surface area contributed by atoms with Crippen LogP contribution < -0.4 is 5.32 Å². The predicted octanol–water partition coefficient (Wildman–Crippen LogP) is 3.92. The maximum absolute atomic E-state index is 13.4. The molecule has 4 saturated carbocycles. The minimum Gasteiger partial charge on any atom is -0.379 e. The highest BCUT2D eigenvalue weighted by Crippen LogP contribution is 2.61. The first-order chi connectivity index (χ1) is 14.1. The Morgan fingerprint density at radius 2 is 1.66 bits per heavy atom. The van der Waals surface area contributed by atoms with E-state index in [4.69, 9.17) is 4.74 Å². The summed E-state index contributed by atoms with van der Waals surface area (Å²) in [5.41, 5.74) is 1.33. The smallest absolute Gasteiger partial charge is 0.220 e. The molecule has 0 radical (unpaired) electrons. The van der Waals surface area contributed by atoms with Gasteiger partial charge >= 0.3 is 0 Å². The third kappa shape index (κ3) is 4.22. The van der Waals surface area contributed by atoms with Crippen LogP contribution in [0.25, 0.3) is 0 Å². The standard InChI is InChI=1S/C24H33FN2O2/c25-21-3-1-20(2-4-21)22(27-5-7-29-8-6-27)16-26-23(28)15-24-12-17-9-18(13-24)11-19(10-17)14-24/h1-4,17-19,22H,5-16H2,(H,26,28)/t17?,18?,19?,22-,24?/m1/s1. The molecular weight excluding hydrogens is 367 g/mol. The lowest BCUT2D eigenvalue weighted by Crippen LogP contribution is -2.49. The number of ether oxygens (including phenoxy) is 1. The first-order valence-corrected chi connectivity index (χ1v) is 11.4. The zero-order valence-corrected chi connectivity index (χ0v) is 17.2. The average molecular weight is 401 g/mol. The Hall–Kier alpha value is -1.46. The van der Waals surface area contributed by atoms with Gasteiger partial charge in [0.2, 0.25) is 5.91 Å². The lowest BCUT2D eigenvalue weighted by Gasteiger charge is -2.56. The number of amides is 1. The molecule has 1 N–H and O–H groups in total. The average Bonchev–Trinajstić information content (AvgIpc) is 2.69. The van der Waals surface area contributed by atoms with Gasteiger partial charge in [-0.15, -0.1) is 0 Å². The second-order valence-electron chi connectivity index (χ2n) is 10.1. The number of hydrogen-bond acceptors (Lipinski definition) is 3. The van der Waals surface area contributed by atoms with Crippen molar-refractivity contribution in [2.24, 2.45) is 23.2 Å². The van der Waals surface area contributed by atoms with E-state index in [2.05, 4.69) is 10.2 Å². The Morgan fingerprint density at radius 3 is 2.24 bits per heavy atom. The largest absolute Gasteiger partial charge is 0.379 e. The molecule has 6 rings (SSSR count). The molecule has 5 heteroatoms. The van der Waals surface area contributed by atoms with Gasteiger partial charge in [-0.1, -0.05) is 12.1 Å². The summed E-state index contributed by atoms with van der Waals surface area (Å²) < 4.78 is 18.9. The van der Waals surface area contributed by atoms with Gasteiger partial charge in [0.1, 0.15) is 5.82 Å². The summed E-state index contributed by atoms with van der Waals surface area (Å²) in [4.78, 5) is 15.3. The summed E-state index contributed by atoms with van der Waals surface area (Å²) in [6.07, 6.45) is 8.70. The summed E-state index contributed by atoms with van der Waals surface area (Å²) in [6.45, 7) is 3.68. The molecule has 4 nitrogen and oxygen atoms in total. The summed E-state index contributed by atoms with van der Waals surface area (Å²) in [5, 5.41) is 3.25. The highest BCUT2D eigenvalue weighted by Gasteiger charge is 2.51. The number of morpholine rings is 1. The van der Waals surface area contributed by atoms with E-state index in [1.807, 2.05) is 12.1 Å². The van der Waals surface area contributed by atoms with Gasteiger partial charge in [-0.05, 0) is 79.4 Å². The molecule has 0 aromatic heterocycles. The fourth-order valence-corrected chi connectivity index (χ4v) is 7.15. The van der Waals surface area contributed by atoms with Crippen LogP contribution in [0.5, 0.6) is 0 Å². The molecule has 29 heavy (non-hydrogen) atoms. The molecular formula is C24H33FN2O2. The predicted molar refractivity (Wildman–Crippen MR) is 110 cm³/mol. The first-order valence-electron chi connectivity index (χ1n) is 11.4. The molecule has 1 aromatic rings. The maximum atomic E-state index is 13.4. The van der Waals surface area contributed by atoms with Gasteiger partial charge in [0.05, 0.1) is 19.3 Å². The summed E-state index contributed by atoms with van der Waals surface area (Å²) >= 11 is 0. The van der Waals surface area contributed by atoms with Gasteiger partial charge in [0, 0.05) is 26.1 Å². The number of nitrogens with one attached hydrogen (secondary N) is 1. The molecule has 0 spiro atoms. The van der Waals surface area contributed by atoms with Crippen LogP contribution >= 0.6 is 0 Å². The number of halogens is 1. The number of benzene rings is 1. The zero-order valence-electron chi connectivity index (χ0n) is 17.2. The summed E-state index contributed by atoms with van der Waals surface area (Å²) in [7, 11) is 0. The molecule has 5 aliphatic rings. The molecule has 158 valence electrons. The van der Waals surface area contributed by atoms with E-state index in [-0.39, 0.29) is 23.2 Å². The van der Waals surface area contributed by atoms with Crippen molar-refractivity contribution in [1.29, 1.82) is 0 Å². The van der Waals surface area contributed by atoms with E-state index in [0.29, 0.717) is 26.2 Å². The van der Waals surface area contributed by atoms with Crippen molar-refractivity contribution < 1.29 is 13.9 Å². The Balaban J connectivity index is 1.23. The minimum atomic E-state index is -0.222. The van der Waals surface area contributed by atoms with Crippen molar-refractivity contribution in [1.82, 2.24) is 10.2 Å². The van der Waals surface area contributed by atoms with Crippen molar-refractivity contribution in [2.45, 2.75) is 51.0 Å². The SMILES string of the molecule is O=C(CC12CC3CC(CC(C3)C1)C2)NC[C@H](c1ccc(F)cc1)N1CCOCC1. The molecule has 1 saturated heterocycles. The van der Waals surface area contributed by atoms with Gasteiger partial charge in [0.25, 0.3) is 0 Å². The zero-order chi connectivity index (χ0) is 19.8. The van der Waals surface area contributed by atoms with Gasteiger partial charge in [0.15, 0.2) is 0 Å². The van der Waals surface area contributed by atoms with Crippen LogP contribution in [0.15, 0.2) is 24.3 Å². The first kappa shape index (κ1) is 19.5. The van der Waals surface area contributed by atoms with Crippen LogP contribution in [0.1, 0.15) is 56.6 Å². The summed E-state index contributed by atoms with van der Waals surface area (Å²) in [6, 6.07) is 6.79. The van der Waals surface area contributed by atoms with Crippen LogP contribution in [0.3, 0.4) is 0 Å². The Labute approximate surface area is 173 Å². The highest BCUT2D eigenvalue weighted by atomic mass is 19.1. The molecule has 4 bridgehead atoms. The normalized spacial score (nSPS) is 34.9. The fraction of sp³-hybridized carbons (Fsp3) is 0.708. The lowest BCUT2D eigenvalue weighted by atomic mass is 9.49. The van der Waals surface area contributed by atoms with Gasteiger partial charge < -0.3 is 10.1 Å². The van der Waals surface area contributed by atoms with Crippen molar-refractivity contribution in [3.8, 4) is 0 Å². The number of carbonyl (C=O) groups is 1. The van der Waals surface area contributed by atoms with Crippen LogP contribution in [0.2, 0.25) is 0 Å². The quantitative estimate of drug-likeness (QED) is 0.787. The van der Waals surface area contributed by atoms with Gasteiger partial charge in [-0.25, -0.2) is 4.39 Å². The molecule has 1 aliphatic heterocycles. The van der Waals surface area contributed by atoms with Gasteiger partial charge in [-0.3, -0.25) is 9.69 Å². The fourth-order valence-electron chi connectivity index (χ4n) is 7.15. The molecule has 5 fully saturated rings. The number of carbonyl (C=O) groups excluding carboxylic acids is 1. The van der Waals surface area contributed by atoms with Crippen LogP contribution in [0.4, 0.5) is 4.39 Å². The van der Waals surface area contributed by atoms with E-state index < -0.39 is 0 Å². The number of rotatable bonds is 6. The molecule has 4 aliphatic carbocycles. The topological polar surface area (TPSA) is 41.6 Å². The van der Waals surface area contributed by atoms with Crippen LogP contribution in [0, 0.1) is 29.0 Å². The van der Waals surface area contributed by atoms with Crippen molar-refractivity contribution >= 4 is 5.91 Å². The second-order valence-corrected chi connectivity index (χ2v) is 10.1. The molecule has 1 amide bonds. The summed E-state index contributed by atoms with van der Waals surface area (Å²) in [5.74, 6) is 2.59. The number of nitrogens with zero attached hydrogens (tertiary/aromatic N) is 1. The van der Waals surface area contributed by atoms with Crippen molar-refractivity contribution in [3.63, 3.8) is 0 Å². The minimum absolute atomic E-state index is 0.0693. The van der Waals surface area contributed by atoms with Crippen LogP contribution in [-0.4, -0.2) is 43.7 Å². The molecule has 1 heterocycles. The van der Waals surface area contributed by atoms with E-state index in [9.17, 15) is 9.18 Å². The lowest BCUT2D eigenvalue weighted by molar-refractivity contribution is -0.129. The third-order valence-electron chi connectivity index (χ3n) is 7.93. The monoisotopic (exact) mass is 400 g/mol. The molecule has 0 unspecified atom stereocenters. The maximum Gasteiger partial charge on any atom is 0.220 e. The van der Waals surface area contributed by atoms with E-state index >= 15 is 0 Å². The van der Waals surface area contributed by atoms with E-state index in [1.54, 1.807) is 0 Å². The number of hydrogen-bond donors (Lipinski definition) is 1. The Bertz CT molecular complexity index is 694. The van der Waals surface area contributed by atoms with Crippen LogP contribution in [-0.2, 0) is 9.53 Å². The van der Waals surface area contributed by atoms with Gasteiger partial charge in [-0.2, -0.15) is 0 Å². The Kier molecular flexibility index (Phi) is 5.37.